The largest absolute Gasteiger partial charge is 0.496 e. The highest BCUT2D eigenvalue weighted by molar-refractivity contribution is 7.98. The van der Waals surface area contributed by atoms with Gasteiger partial charge in [-0.1, -0.05) is 35.5 Å². The van der Waals surface area contributed by atoms with E-state index in [1.165, 1.54) is 11.8 Å². The smallest absolute Gasteiger partial charge is 0.257 e. The number of hydrogen-bond donors (Lipinski definition) is 0. The van der Waals surface area contributed by atoms with Crippen molar-refractivity contribution in [1.82, 2.24) is 9.97 Å². The van der Waals surface area contributed by atoms with Crippen molar-refractivity contribution in [1.29, 1.82) is 0 Å². The molecular formula is C18H13ClN2O2S2. The summed E-state index contributed by atoms with van der Waals surface area (Å²) in [7, 11) is 1.67. The fraction of sp³-hybridized carbons (Fsp3) is 0.111. The first-order valence-corrected chi connectivity index (χ1v) is 9.74. The third-order valence-corrected chi connectivity index (χ3v) is 5.58. The Morgan fingerprint density at radius 1 is 1.20 bits per heavy atom. The van der Waals surface area contributed by atoms with Crippen LogP contribution in [0.1, 0.15) is 5.69 Å². The summed E-state index contributed by atoms with van der Waals surface area (Å²) in [6.07, 6.45) is 0. The van der Waals surface area contributed by atoms with Crippen LogP contribution in [-0.2, 0) is 5.75 Å². The number of hydrogen-bond acceptors (Lipinski definition) is 6. The molecule has 0 amide bonds. The van der Waals surface area contributed by atoms with Crippen LogP contribution in [0.5, 0.6) is 5.75 Å². The Bertz CT molecular complexity index is 1030. The van der Waals surface area contributed by atoms with Gasteiger partial charge in [0.15, 0.2) is 5.58 Å². The summed E-state index contributed by atoms with van der Waals surface area (Å²) in [6.45, 7) is 0. The second-order valence-corrected chi connectivity index (χ2v) is 7.45. The zero-order valence-electron chi connectivity index (χ0n) is 13.2. The van der Waals surface area contributed by atoms with E-state index in [0.717, 1.165) is 33.1 Å². The van der Waals surface area contributed by atoms with Crippen LogP contribution in [-0.4, -0.2) is 17.1 Å². The molecule has 0 radical (unpaired) electrons. The molecule has 4 aromatic rings. The van der Waals surface area contributed by atoms with Gasteiger partial charge in [0.1, 0.15) is 16.3 Å². The molecule has 4 nitrogen and oxygen atoms in total. The first kappa shape index (κ1) is 16.4. The second kappa shape index (κ2) is 7.07. The lowest BCUT2D eigenvalue weighted by molar-refractivity contribution is 0.416. The van der Waals surface area contributed by atoms with E-state index in [1.807, 2.05) is 35.7 Å². The molecule has 0 saturated heterocycles. The van der Waals surface area contributed by atoms with Crippen molar-refractivity contribution in [3.05, 3.63) is 58.6 Å². The van der Waals surface area contributed by atoms with E-state index in [1.54, 1.807) is 30.6 Å². The standard InChI is InChI=1S/C18H13ClN2O2S2/c1-22-15-5-3-2-4-13(15)17-20-12(9-24-17)10-25-18-21-14-8-11(19)6-7-16(14)23-18/h2-9H,10H2,1H3. The van der Waals surface area contributed by atoms with E-state index in [2.05, 4.69) is 4.98 Å². The molecule has 0 N–H and O–H groups in total. The minimum Gasteiger partial charge on any atom is -0.496 e. The van der Waals surface area contributed by atoms with Gasteiger partial charge in [0, 0.05) is 16.2 Å². The summed E-state index contributed by atoms with van der Waals surface area (Å²) < 4.78 is 11.1. The number of para-hydroxylation sites is 1. The van der Waals surface area contributed by atoms with Crippen molar-refractivity contribution in [2.45, 2.75) is 11.0 Å². The van der Waals surface area contributed by atoms with E-state index >= 15 is 0 Å². The van der Waals surface area contributed by atoms with Crippen molar-refractivity contribution >= 4 is 45.8 Å². The van der Waals surface area contributed by atoms with Gasteiger partial charge < -0.3 is 9.15 Å². The molecule has 0 aliphatic heterocycles. The summed E-state index contributed by atoms with van der Waals surface area (Å²) >= 11 is 9.10. The molecule has 126 valence electrons. The summed E-state index contributed by atoms with van der Waals surface area (Å²) in [5.41, 5.74) is 3.49. The van der Waals surface area contributed by atoms with Crippen LogP contribution >= 0.6 is 34.7 Å². The van der Waals surface area contributed by atoms with Crippen molar-refractivity contribution in [3.8, 4) is 16.3 Å². The SMILES string of the molecule is COc1ccccc1-c1nc(CSc2nc3cc(Cl)ccc3o2)cs1. The number of benzene rings is 2. The molecule has 25 heavy (non-hydrogen) atoms. The molecule has 0 spiro atoms. The van der Waals surface area contributed by atoms with Crippen LogP contribution in [0, 0.1) is 0 Å². The summed E-state index contributed by atoms with van der Waals surface area (Å²) in [5.74, 6) is 1.51. The number of rotatable bonds is 5. The molecule has 0 aliphatic rings. The maximum atomic E-state index is 5.98. The van der Waals surface area contributed by atoms with E-state index in [0.29, 0.717) is 16.0 Å². The van der Waals surface area contributed by atoms with Crippen LogP contribution < -0.4 is 4.74 Å². The van der Waals surface area contributed by atoms with Crippen LogP contribution in [0.2, 0.25) is 5.02 Å². The van der Waals surface area contributed by atoms with Gasteiger partial charge >= 0.3 is 0 Å². The number of fused-ring (bicyclic) bond motifs is 1. The molecule has 7 heteroatoms. The molecular weight excluding hydrogens is 376 g/mol. The lowest BCUT2D eigenvalue weighted by Gasteiger charge is -2.04. The molecule has 0 unspecified atom stereocenters. The number of thiazole rings is 1. The molecule has 0 fully saturated rings. The van der Waals surface area contributed by atoms with Gasteiger partial charge in [-0.05, 0) is 30.3 Å². The normalized spacial score (nSPS) is 11.1. The Hall–Kier alpha value is -2.02. The molecule has 2 aromatic heterocycles. The van der Waals surface area contributed by atoms with E-state index in [9.17, 15) is 0 Å². The van der Waals surface area contributed by atoms with E-state index in [4.69, 9.17) is 25.7 Å². The first-order chi connectivity index (χ1) is 12.2. The number of aromatic nitrogens is 2. The quantitative estimate of drug-likeness (QED) is 0.398. The number of ether oxygens (including phenoxy) is 1. The molecule has 0 bridgehead atoms. The van der Waals surface area contributed by atoms with Crippen LogP contribution in [0.3, 0.4) is 0 Å². The minimum absolute atomic E-state index is 0.615. The zero-order chi connectivity index (χ0) is 17.2. The summed E-state index contributed by atoms with van der Waals surface area (Å²) in [6, 6.07) is 13.3. The Balaban J connectivity index is 1.51. The van der Waals surface area contributed by atoms with Crippen LogP contribution in [0.25, 0.3) is 21.7 Å². The monoisotopic (exact) mass is 388 g/mol. The van der Waals surface area contributed by atoms with Gasteiger partial charge in [0.05, 0.1) is 18.4 Å². The topological polar surface area (TPSA) is 48.2 Å². The fourth-order valence-corrected chi connectivity index (χ4v) is 4.25. The Morgan fingerprint density at radius 3 is 2.96 bits per heavy atom. The Morgan fingerprint density at radius 2 is 2.08 bits per heavy atom. The van der Waals surface area contributed by atoms with E-state index < -0.39 is 0 Å². The number of nitrogens with zero attached hydrogens (tertiary/aromatic N) is 2. The maximum Gasteiger partial charge on any atom is 0.257 e. The highest BCUT2D eigenvalue weighted by Crippen LogP contribution is 2.33. The number of oxazole rings is 1. The molecule has 0 aliphatic carbocycles. The summed E-state index contributed by atoms with van der Waals surface area (Å²) in [5, 5.41) is 4.26. The average molecular weight is 389 g/mol. The van der Waals surface area contributed by atoms with Crippen molar-refractivity contribution < 1.29 is 9.15 Å². The van der Waals surface area contributed by atoms with E-state index in [-0.39, 0.29) is 0 Å². The van der Waals surface area contributed by atoms with Gasteiger partial charge in [-0.15, -0.1) is 11.3 Å². The fourth-order valence-electron chi connectivity index (χ4n) is 2.40. The first-order valence-electron chi connectivity index (χ1n) is 7.49. The third-order valence-electron chi connectivity index (χ3n) is 3.56. The number of methoxy groups -OCH3 is 1. The zero-order valence-corrected chi connectivity index (χ0v) is 15.6. The van der Waals surface area contributed by atoms with Gasteiger partial charge in [0.2, 0.25) is 0 Å². The molecule has 0 atom stereocenters. The van der Waals surface area contributed by atoms with Crippen LogP contribution in [0.4, 0.5) is 0 Å². The number of thioether (sulfide) groups is 1. The highest BCUT2D eigenvalue weighted by atomic mass is 35.5. The second-order valence-electron chi connectivity index (χ2n) is 5.22. The third kappa shape index (κ3) is 3.51. The molecule has 2 aromatic carbocycles. The predicted molar refractivity (Wildman–Crippen MR) is 103 cm³/mol. The number of halogens is 1. The van der Waals surface area contributed by atoms with Crippen molar-refractivity contribution in [2.75, 3.05) is 7.11 Å². The average Bonchev–Trinajstić information content (AvgIpc) is 3.26. The van der Waals surface area contributed by atoms with Gasteiger partial charge in [-0.3, -0.25) is 0 Å². The van der Waals surface area contributed by atoms with Crippen molar-refractivity contribution in [2.24, 2.45) is 0 Å². The van der Waals surface area contributed by atoms with Gasteiger partial charge in [0.25, 0.3) is 5.22 Å². The lowest BCUT2D eigenvalue weighted by atomic mass is 10.2. The van der Waals surface area contributed by atoms with Crippen molar-refractivity contribution in [3.63, 3.8) is 0 Å². The Kier molecular flexibility index (Phi) is 4.65. The molecule has 2 heterocycles. The highest BCUT2D eigenvalue weighted by Gasteiger charge is 2.12. The van der Waals surface area contributed by atoms with Crippen LogP contribution in [0.15, 0.2) is 57.5 Å². The Labute approximate surface area is 157 Å². The molecule has 4 rings (SSSR count). The van der Waals surface area contributed by atoms with Gasteiger partial charge in [-0.25, -0.2) is 9.97 Å². The minimum atomic E-state index is 0.615. The predicted octanol–water partition coefficient (Wildman–Crippen LogP) is 5.91. The van der Waals surface area contributed by atoms with Gasteiger partial charge in [-0.2, -0.15) is 0 Å². The maximum absolute atomic E-state index is 5.98. The molecule has 0 saturated carbocycles. The summed E-state index contributed by atoms with van der Waals surface area (Å²) in [4.78, 5) is 9.15. The lowest BCUT2D eigenvalue weighted by Crippen LogP contribution is -1.87.